The van der Waals surface area contributed by atoms with Gasteiger partial charge >= 0.3 is 0 Å². The minimum absolute atomic E-state index is 0.327. The Hall–Kier alpha value is -1.32. The zero-order valence-electron chi connectivity index (χ0n) is 9.96. The molecule has 0 fully saturated rings. The molecule has 84 valence electrons. The van der Waals surface area contributed by atoms with Crippen LogP contribution in [0, 0.1) is 12.3 Å². The van der Waals surface area contributed by atoms with E-state index in [9.17, 15) is 0 Å². The smallest absolute Gasteiger partial charge is 0.222 e. The predicted octanol–water partition coefficient (Wildman–Crippen LogP) is 2.22. The molecule has 0 saturated carbocycles. The Balaban J connectivity index is 2.51. The topological polar surface area (TPSA) is 63.8 Å². The summed E-state index contributed by atoms with van der Waals surface area (Å²) in [4.78, 5) is 8.13. The molecule has 3 N–H and O–H groups in total. The lowest BCUT2D eigenvalue weighted by Gasteiger charge is -2.18. The van der Waals surface area contributed by atoms with Gasteiger partial charge in [-0.25, -0.2) is 4.98 Å². The Morgan fingerprint density at radius 1 is 1.33 bits per heavy atom. The quantitative estimate of drug-likeness (QED) is 0.799. The van der Waals surface area contributed by atoms with Gasteiger partial charge in [0.1, 0.15) is 5.82 Å². The number of nitrogen functional groups attached to an aromatic ring is 1. The molecule has 0 aliphatic rings. The third kappa shape index (κ3) is 4.63. The first kappa shape index (κ1) is 11.8. The zero-order valence-corrected chi connectivity index (χ0v) is 9.96. The molecular weight excluding hydrogens is 188 g/mol. The standard InChI is InChI=1S/C11H20N4/c1-8-7-9(15-10(12)14-8)13-6-5-11(2,3)4/h7H,5-6H2,1-4H3,(H3,12,13,14,15). The van der Waals surface area contributed by atoms with Gasteiger partial charge in [0.15, 0.2) is 0 Å². The summed E-state index contributed by atoms with van der Waals surface area (Å²) in [7, 11) is 0. The monoisotopic (exact) mass is 208 g/mol. The van der Waals surface area contributed by atoms with Gasteiger partial charge in [-0.1, -0.05) is 20.8 Å². The van der Waals surface area contributed by atoms with E-state index < -0.39 is 0 Å². The van der Waals surface area contributed by atoms with Crippen molar-refractivity contribution in [1.82, 2.24) is 9.97 Å². The molecule has 0 saturated heterocycles. The molecule has 4 heteroatoms. The van der Waals surface area contributed by atoms with Gasteiger partial charge in [-0.15, -0.1) is 0 Å². The van der Waals surface area contributed by atoms with Crippen molar-refractivity contribution in [2.45, 2.75) is 34.1 Å². The second-order valence-corrected chi connectivity index (χ2v) is 4.99. The van der Waals surface area contributed by atoms with Crippen molar-refractivity contribution in [3.8, 4) is 0 Å². The van der Waals surface area contributed by atoms with E-state index in [4.69, 9.17) is 5.73 Å². The fourth-order valence-electron chi connectivity index (χ4n) is 1.25. The molecule has 15 heavy (non-hydrogen) atoms. The third-order valence-corrected chi connectivity index (χ3v) is 2.05. The van der Waals surface area contributed by atoms with E-state index in [1.807, 2.05) is 13.0 Å². The van der Waals surface area contributed by atoms with Crippen molar-refractivity contribution in [2.75, 3.05) is 17.6 Å². The molecule has 0 atom stereocenters. The number of nitrogens with two attached hydrogens (primary N) is 1. The van der Waals surface area contributed by atoms with Crippen molar-refractivity contribution in [2.24, 2.45) is 5.41 Å². The largest absolute Gasteiger partial charge is 0.370 e. The van der Waals surface area contributed by atoms with E-state index >= 15 is 0 Å². The maximum Gasteiger partial charge on any atom is 0.222 e. The van der Waals surface area contributed by atoms with Crippen molar-refractivity contribution >= 4 is 11.8 Å². The summed E-state index contributed by atoms with van der Waals surface area (Å²) >= 11 is 0. The number of hydrogen-bond donors (Lipinski definition) is 2. The first-order valence-electron chi connectivity index (χ1n) is 5.22. The summed E-state index contributed by atoms with van der Waals surface area (Å²) in [5.41, 5.74) is 6.78. The summed E-state index contributed by atoms with van der Waals surface area (Å²) in [6.07, 6.45) is 1.09. The average Bonchev–Trinajstić information content (AvgIpc) is 1.99. The van der Waals surface area contributed by atoms with E-state index in [0.29, 0.717) is 11.4 Å². The molecule has 1 rings (SSSR count). The first-order valence-corrected chi connectivity index (χ1v) is 5.22. The van der Waals surface area contributed by atoms with Gasteiger partial charge in [0, 0.05) is 18.3 Å². The SMILES string of the molecule is Cc1cc(NCCC(C)(C)C)nc(N)n1. The summed E-state index contributed by atoms with van der Waals surface area (Å²) in [6, 6.07) is 1.90. The van der Waals surface area contributed by atoms with Crippen LogP contribution in [0.25, 0.3) is 0 Å². The Labute approximate surface area is 91.3 Å². The van der Waals surface area contributed by atoms with Crippen LogP contribution in [0.5, 0.6) is 0 Å². The molecule has 1 aromatic rings. The number of anilines is 2. The zero-order chi connectivity index (χ0) is 11.5. The van der Waals surface area contributed by atoms with Gasteiger partial charge in [-0.05, 0) is 18.8 Å². The van der Waals surface area contributed by atoms with Crippen LogP contribution >= 0.6 is 0 Å². The van der Waals surface area contributed by atoms with Crippen LogP contribution in [0.15, 0.2) is 6.07 Å². The minimum atomic E-state index is 0.327. The highest BCUT2D eigenvalue weighted by atomic mass is 15.1. The van der Waals surface area contributed by atoms with Crippen LogP contribution in [-0.2, 0) is 0 Å². The van der Waals surface area contributed by atoms with Crippen molar-refractivity contribution in [1.29, 1.82) is 0 Å². The maximum atomic E-state index is 5.55. The number of aryl methyl sites for hydroxylation is 1. The Kier molecular flexibility index (Phi) is 3.50. The lowest BCUT2D eigenvalue weighted by atomic mass is 9.92. The Morgan fingerprint density at radius 2 is 2.00 bits per heavy atom. The van der Waals surface area contributed by atoms with Crippen molar-refractivity contribution < 1.29 is 0 Å². The normalized spacial score (nSPS) is 11.5. The number of nitrogens with zero attached hydrogens (tertiary/aromatic N) is 2. The molecular formula is C11H20N4. The minimum Gasteiger partial charge on any atom is -0.370 e. The lowest BCUT2D eigenvalue weighted by molar-refractivity contribution is 0.389. The van der Waals surface area contributed by atoms with Crippen LogP contribution < -0.4 is 11.1 Å². The van der Waals surface area contributed by atoms with Crippen LogP contribution in [-0.4, -0.2) is 16.5 Å². The van der Waals surface area contributed by atoms with Gasteiger partial charge in [0.2, 0.25) is 5.95 Å². The molecule has 4 nitrogen and oxygen atoms in total. The molecule has 0 unspecified atom stereocenters. The second-order valence-electron chi connectivity index (χ2n) is 4.99. The molecule has 0 amide bonds. The summed E-state index contributed by atoms with van der Waals surface area (Å²) in [6.45, 7) is 9.46. The van der Waals surface area contributed by atoms with E-state index in [-0.39, 0.29) is 0 Å². The highest BCUT2D eigenvalue weighted by Crippen LogP contribution is 2.18. The van der Waals surface area contributed by atoms with Crippen LogP contribution in [0.1, 0.15) is 32.9 Å². The number of aromatic nitrogens is 2. The molecule has 0 spiro atoms. The van der Waals surface area contributed by atoms with Gasteiger partial charge in [-0.3, -0.25) is 0 Å². The van der Waals surface area contributed by atoms with Crippen LogP contribution in [0.4, 0.5) is 11.8 Å². The molecule has 1 heterocycles. The highest BCUT2D eigenvalue weighted by molar-refractivity contribution is 5.39. The molecule has 0 aliphatic carbocycles. The molecule has 0 radical (unpaired) electrons. The van der Waals surface area contributed by atoms with Gasteiger partial charge in [0.25, 0.3) is 0 Å². The summed E-state index contributed by atoms with van der Waals surface area (Å²) in [5, 5.41) is 3.25. The third-order valence-electron chi connectivity index (χ3n) is 2.05. The fraction of sp³-hybridized carbons (Fsp3) is 0.636. The lowest BCUT2D eigenvalue weighted by Crippen LogP contribution is -2.14. The summed E-state index contributed by atoms with van der Waals surface area (Å²) in [5.74, 6) is 1.14. The first-order chi connectivity index (χ1) is 6.87. The maximum absolute atomic E-state index is 5.55. The van der Waals surface area contributed by atoms with Crippen LogP contribution in [0.2, 0.25) is 0 Å². The van der Waals surface area contributed by atoms with Gasteiger partial charge in [-0.2, -0.15) is 4.98 Å². The number of nitrogens with one attached hydrogen (secondary N) is 1. The van der Waals surface area contributed by atoms with Gasteiger partial charge in [0.05, 0.1) is 0 Å². The van der Waals surface area contributed by atoms with E-state index in [1.165, 1.54) is 0 Å². The number of rotatable bonds is 3. The van der Waals surface area contributed by atoms with E-state index in [1.54, 1.807) is 0 Å². The second kappa shape index (κ2) is 4.47. The van der Waals surface area contributed by atoms with Crippen LogP contribution in [0.3, 0.4) is 0 Å². The van der Waals surface area contributed by atoms with Gasteiger partial charge < -0.3 is 11.1 Å². The average molecular weight is 208 g/mol. The van der Waals surface area contributed by atoms with E-state index in [0.717, 1.165) is 24.5 Å². The summed E-state index contributed by atoms with van der Waals surface area (Å²) < 4.78 is 0. The molecule has 0 aromatic carbocycles. The van der Waals surface area contributed by atoms with Crippen molar-refractivity contribution in [3.05, 3.63) is 11.8 Å². The number of hydrogen-bond acceptors (Lipinski definition) is 4. The van der Waals surface area contributed by atoms with E-state index in [2.05, 4.69) is 36.1 Å². The highest BCUT2D eigenvalue weighted by Gasteiger charge is 2.09. The van der Waals surface area contributed by atoms with Crippen molar-refractivity contribution in [3.63, 3.8) is 0 Å². The molecule has 1 aromatic heterocycles. The fourth-order valence-corrected chi connectivity index (χ4v) is 1.25. The predicted molar refractivity (Wildman–Crippen MR) is 63.7 cm³/mol. The Bertz CT molecular complexity index is 308. The Morgan fingerprint density at radius 3 is 2.53 bits per heavy atom. The molecule has 0 aliphatic heterocycles. The molecule has 0 bridgehead atoms.